The number of halogens is 1. The number of imide groups is 1. The quantitative estimate of drug-likeness (QED) is 0.645. The summed E-state index contributed by atoms with van der Waals surface area (Å²) in [6.45, 7) is 1.53. The molecular formula is C20H17ClN4O4. The van der Waals surface area contributed by atoms with Gasteiger partial charge in [-0.1, -0.05) is 23.7 Å². The van der Waals surface area contributed by atoms with Gasteiger partial charge in [-0.3, -0.25) is 9.69 Å². The summed E-state index contributed by atoms with van der Waals surface area (Å²) in [5, 5.41) is 11.3. The van der Waals surface area contributed by atoms with Crippen LogP contribution in [0.2, 0.25) is 5.02 Å². The molecule has 9 heteroatoms. The maximum absolute atomic E-state index is 13.0. The minimum Gasteiger partial charge on any atom is -0.497 e. The van der Waals surface area contributed by atoms with Gasteiger partial charge in [0.05, 0.1) is 7.11 Å². The Balaban J connectivity index is 1.54. The third kappa shape index (κ3) is 3.42. The minimum atomic E-state index is -1.19. The fourth-order valence-electron chi connectivity index (χ4n) is 3.12. The normalized spacial score (nSPS) is 18.8. The molecule has 1 fully saturated rings. The molecule has 4 rings (SSSR count). The van der Waals surface area contributed by atoms with Gasteiger partial charge in [0.25, 0.3) is 5.91 Å². The second-order valence-electron chi connectivity index (χ2n) is 6.68. The summed E-state index contributed by atoms with van der Waals surface area (Å²) in [6, 6.07) is 13.3. The Kier molecular flexibility index (Phi) is 4.71. The number of hydrogen-bond donors (Lipinski definition) is 1. The molecule has 1 atom stereocenters. The minimum absolute atomic E-state index is 0.128. The highest BCUT2D eigenvalue weighted by Crippen LogP contribution is 2.31. The monoisotopic (exact) mass is 412 g/mol. The average Bonchev–Trinajstić information content (AvgIpc) is 3.28. The molecule has 3 amide bonds. The number of hydrogen-bond acceptors (Lipinski definition) is 6. The Labute approximate surface area is 171 Å². The van der Waals surface area contributed by atoms with Gasteiger partial charge in [-0.25, -0.2) is 4.79 Å². The fraction of sp³-hybridized carbons (Fsp3) is 0.200. The molecule has 29 heavy (non-hydrogen) atoms. The third-order valence-corrected chi connectivity index (χ3v) is 5.05. The van der Waals surface area contributed by atoms with Crippen molar-refractivity contribution in [2.24, 2.45) is 0 Å². The van der Waals surface area contributed by atoms with Crippen LogP contribution in [-0.2, 0) is 16.9 Å². The lowest BCUT2D eigenvalue weighted by Gasteiger charge is -2.22. The van der Waals surface area contributed by atoms with Crippen LogP contribution in [-0.4, -0.2) is 34.1 Å². The lowest BCUT2D eigenvalue weighted by molar-refractivity contribution is -0.131. The third-order valence-electron chi connectivity index (χ3n) is 4.79. The van der Waals surface area contributed by atoms with Gasteiger partial charge in [0.15, 0.2) is 0 Å². The van der Waals surface area contributed by atoms with Crippen molar-refractivity contribution < 1.29 is 18.7 Å². The van der Waals surface area contributed by atoms with Crippen LogP contribution >= 0.6 is 11.6 Å². The van der Waals surface area contributed by atoms with E-state index in [-0.39, 0.29) is 18.3 Å². The standard InChI is InChI=1S/C20H17ClN4O4/c1-20(13-5-9-15(28-2)10-6-13)18(26)25(19(27)22-20)11-16-23-24-17(29-16)12-3-7-14(21)8-4-12/h3-10H,11H2,1-2H3,(H,22,27)/t20-/m1/s1. The van der Waals surface area contributed by atoms with Crippen molar-refractivity contribution in [1.29, 1.82) is 0 Å². The first kappa shape index (κ1) is 18.9. The van der Waals surface area contributed by atoms with E-state index in [2.05, 4.69) is 15.5 Å². The average molecular weight is 413 g/mol. The van der Waals surface area contributed by atoms with Crippen LogP contribution in [0.15, 0.2) is 52.9 Å². The fourth-order valence-corrected chi connectivity index (χ4v) is 3.25. The number of nitrogens with one attached hydrogen (secondary N) is 1. The summed E-state index contributed by atoms with van der Waals surface area (Å²) in [5.74, 6) is 0.685. The molecule has 1 saturated heterocycles. The largest absolute Gasteiger partial charge is 0.497 e. The zero-order valence-corrected chi connectivity index (χ0v) is 16.4. The second-order valence-corrected chi connectivity index (χ2v) is 7.12. The molecule has 2 heterocycles. The molecule has 2 aromatic carbocycles. The lowest BCUT2D eigenvalue weighted by Crippen LogP contribution is -2.40. The highest BCUT2D eigenvalue weighted by atomic mass is 35.5. The first-order valence-corrected chi connectivity index (χ1v) is 9.15. The molecule has 0 unspecified atom stereocenters. The molecule has 1 aromatic heterocycles. The van der Waals surface area contributed by atoms with Crippen LogP contribution in [0.1, 0.15) is 18.4 Å². The molecule has 1 aliphatic heterocycles. The number of urea groups is 1. The summed E-state index contributed by atoms with van der Waals surface area (Å²) in [6.07, 6.45) is 0. The van der Waals surface area contributed by atoms with Crippen LogP contribution < -0.4 is 10.1 Å². The van der Waals surface area contributed by atoms with Crippen molar-refractivity contribution in [3.05, 3.63) is 65.0 Å². The molecular weight excluding hydrogens is 396 g/mol. The number of rotatable bonds is 5. The molecule has 3 aromatic rings. The van der Waals surface area contributed by atoms with Gasteiger partial charge in [-0.15, -0.1) is 10.2 Å². The highest BCUT2D eigenvalue weighted by molar-refractivity contribution is 6.30. The van der Waals surface area contributed by atoms with Gasteiger partial charge >= 0.3 is 6.03 Å². The van der Waals surface area contributed by atoms with Crippen LogP contribution in [0.25, 0.3) is 11.5 Å². The van der Waals surface area contributed by atoms with Gasteiger partial charge in [-0.05, 0) is 48.9 Å². The van der Waals surface area contributed by atoms with E-state index < -0.39 is 17.5 Å². The second kappa shape index (κ2) is 7.21. The predicted octanol–water partition coefficient (Wildman–Crippen LogP) is 3.37. The van der Waals surface area contributed by atoms with E-state index in [0.717, 1.165) is 4.90 Å². The number of methoxy groups -OCH3 is 1. The molecule has 1 N–H and O–H groups in total. The SMILES string of the molecule is COc1ccc([C@@]2(C)NC(=O)N(Cc3nnc(-c4ccc(Cl)cc4)o3)C2=O)cc1. The number of carbonyl (C=O) groups is 2. The molecule has 0 aliphatic carbocycles. The smallest absolute Gasteiger partial charge is 0.325 e. The summed E-state index contributed by atoms with van der Waals surface area (Å²) in [4.78, 5) is 26.6. The van der Waals surface area contributed by atoms with Crippen molar-refractivity contribution in [3.8, 4) is 17.2 Å². The Hall–Kier alpha value is -3.39. The number of amides is 3. The Bertz CT molecular complexity index is 1060. The van der Waals surface area contributed by atoms with Gasteiger partial charge in [0.1, 0.15) is 17.8 Å². The zero-order valence-electron chi connectivity index (χ0n) is 15.7. The number of benzene rings is 2. The van der Waals surface area contributed by atoms with Crippen LogP contribution in [0.3, 0.4) is 0 Å². The zero-order chi connectivity index (χ0) is 20.6. The Morgan fingerprint density at radius 3 is 2.45 bits per heavy atom. The van der Waals surface area contributed by atoms with Crippen molar-refractivity contribution in [3.63, 3.8) is 0 Å². The van der Waals surface area contributed by atoms with Crippen molar-refractivity contribution in [2.75, 3.05) is 7.11 Å². The summed E-state index contributed by atoms with van der Waals surface area (Å²) < 4.78 is 10.8. The van der Waals surface area contributed by atoms with Crippen molar-refractivity contribution in [2.45, 2.75) is 19.0 Å². The Morgan fingerprint density at radius 1 is 1.10 bits per heavy atom. The van der Waals surface area contributed by atoms with E-state index in [1.54, 1.807) is 62.6 Å². The van der Waals surface area contributed by atoms with Crippen molar-refractivity contribution in [1.82, 2.24) is 20.4 Å². The number of aromatic nitrogens is 2. The molecule has 0 radical (unpaired) electrons. The van der Waals surface area contributed by atoms with Crippen molar-refractivity contribution >= 4 is 23.5 Å². The molecule has 1 aliphatic rings. The van der Waals surface area contributed by atoms with Gasteiger partial charge in [0, 0.05) is 10.6 Å². The van der Waals surface area contributed by atoms with Crippen LogP contribution in [0.4, 0.5) is 4.79 Å². The van der Waals surface area contributed by atoms with Gasteiger partial charge < -0.3 is 14.5 Å². The topological polar surface area (TPSA) is 97.6 Å². The van der Waals surface area contributed by atoms with E-state index in [9.17, 15) is 9.59 Å². The van der Waals surface area contributed by atoms with E-state index in [1.807, 2.05) is 0 Å². The maximum Gasteiger partial charge on any atom is 0.325 e. The molecule has 148 valence electrons. The predicted molar refractivity (Wildman–Crippen MR) is 104 cm³/mol. The van der Waals surface area contributed by atoms with E-state index in [1.165, 1.54) is 0 Å². The summed E-state index contributed by atoms with van der Waals surface area (Å²) in [5.41, 5.74) is 0.141. The van der Waals surface area contributed by atoms with Crippen LogP contribution in [0, 0.1) is 0 Å². The molecule has 0 saturated carbocycles. The van der Waals surface area contributed by atoms with Gasteiger partial charge in [-0.2, -0.15) is 0 Å². The van der Waals surface area contributed by atoms with E-state index in [4.69, 9.17) is 20.8 Å². The molecule has 8 nitrogen and oxygen atoms in total. The van der Waals surface area contributed by atoms with Crippen LogP contribution in [0.5, 0.6) is 5.75 Å². The van der Waals surface area contributed by atoms with Gasteiger partial charge in [0.2, 0.25) is 11.8 Å². The Morgan fingerprint density at radius 2 is 1.79 bits per heavy atom. The molecule has 0 bridgehead atoms. The first-order chi connectivity index (χ1) is 13.9. The highest BCUT2D eigenvalue weighted by Gasteiger charge is 2.49. The van der Waals surface area contributed by atoms with E-state index >= 15 is 0 Å². The summed E-state index contributed by atoms with van der Waals surface area (Å²) >= 11 is 5.88. The molecule has 0 spiro atoms. The number of ether oxygens (including phenoxy) is 1. The number of carbonyl (C=O) groups excluding carboxylic acids is 2. The maximum atomic E-state index is 13.0. The lowest BCUT2D eigenvalue weighted by atomic mass is 9.92. The number of nitrogens with zero attached hydrogens (tertiary/aromatic N) is 3. The first-order valence-electron chi connectivity index (χ1n) is 8.77. The van der Waals surface area contributed by atoms with E-state index in [0.29, 0.717) is 21.9 Å². The summed E-state index contributed by atoms with van der Waals surface area (Å²) in [7, 11) is 1.56.